The average molecular weight is 268 g/mol. The predicted molar refractivity (Wildman–Crippen MR) is 67.5 cm³/mol. The Bertz CT molecular complexity index is 446. The Balaban J connectivity index is 2.19. The van der Waals surface area contributed by atoms with Crippen molar-refractivity contribution in [1.29, 1.82) is 0 Å². The molecular formula is C12H20N4O3. The summed E-state index contributed by atoms with van der Waals surface area (Å²) in [6.07, 6.45) is 1.86. The minimum atomic E-state index is -0.331. The molecule has 2 atom stereocenters. The van der Waals surface area contributed by atoms with Crippen LogP contribution >= 0.6 is 0 Å². The number of methoxy groups -OCH3 is 1. The van der Waals surface area contributed by atoms with Crippen molar-refractivity contribution in [3.05, 3.63) is 12.2 Å². The summed E-state index contributed by atoms with van der Waals surface area (Å²) in [5, 5.41) is 7.95. The molecule has 0 N–H and O–H groups in total. The number of ether oxygens (including phenoxy) is 2. The number of rotatable bonds is 3. The van der Waals surface area contributed by atoms with E-state index in [1.54, 1.807) is 18.3 Å². The van der Waals surface area contributed by atoms with Crippen LogP contribution < -0.4 is 0 Å². The molecule has 0 spiro atoms. The van der Waals surface area contributed by atoms with E-state index in [-0.39, 0.29) is 24.3 Å². The first-order valence-corrected chi connectivity index (χ1v) is 6.36. The molecule has 2 heterocycles. The lowest BCUT2D eigenvalue weighted by Crippen LogP contribution is -2.34. The van der Waals surface area contributed by atoms with E-state index in [0.29, 0.717) is 13.0 Å². The van der Waals surface area contributed by atoms with Gasteiger partial charge < -0.3 is 14.0 Å². The Morgan fingerprint density at radius 3 is 2.79 bits per heavy atom. The van der Waals surface area contributed by atoms with Crippen molar-refractivity contribution in [2.75, 3.05) is 13.7 Å². The molecule has 1 aromatic heterocycles. The minimum Gasteiger partial charge on any atom is -0.447 e. The summed E-state index contributed by atoms with van der Waals surface area (Å²) in [6.45, 7) is 4.18. The largest absolute Gasteiger partial charge is 0.447 e. The van der Waals surface area contributed by atoms with E-state index in [4.69, 9.17) is 9.47 Å². The number of aromatic nitrogens is 3. The van der Waals surface area contributed by atoms with Gasteiger partial charge in [-0.25, -0.2) is 4.79 Å². The SMILES string of the molecule is CO[C@@H]1C[C@@H](c2nncn2C)N(C(=O)OC(C)C)C1. The quantitative estimate of drug-likeness (QED) is 0.821. The van der Waals surface area contributed by atoms with E-state index >= 15 is 0 Å². The number of likely N-dealkylation sites (tertiary alicyclic amines) is 1. The van der Waals surface area contributed by atoms with Gasteiger partial charge in [0.2, 0.25) is 0 Å². The third-order valence-electron chi connectivity index (χ3n) is 3.21. The second-order valence-electron chi connectivity index (χ2n) is 4.99. The minimum absolute atomic E-state index is 0.00131. The van der Waals surface area contributed by atoms with E-state index in [0.717, 1.165) is 5.82 Å². The first-order chi connectivity index (χ1) is 9.02. The molecule has 1 fully saturated rings. The Hall–Kier alpha value is -1.63. The molecule has 0 unspecified atom stereocenters. The summed E-state index contributed by atoms with van der Waals surface area (Å²) in [7, 11) is 3.51. The molecule has 0 radical (unpaired) electrons. The van der Waals surface area contributed by atoms with Crippen LogP contribution in [0.2, 0.25) is 0 Å². The molecule has 0 saturated carbocycles. The molecule has 1 amide bonds. The first kappa shape index (κ1) is 13.8. The maximum atomic E-state index is 12.1. The highest BCUT2D eigenvalue weighted by molar-refractivity contribution is 5.69. The molecule has 7 heteroatoms. The van der Waals surface area contributed by atoms with Crippen LogP contribution in [0.1, 0.15) is 32.1 Å². The van der Waals surface area contributed by atoms with Crippen molar-refractivity contribution in [3.63, 3.8) is 0 Å². The summed E-state index contributed by atoms with van der Waals surface area (Å²) in [5.74, 6) is 0.750. The number of amides is 1. The lowest BCUT2D eigenvalue weighted by molar-refractivity contribution is 0.0645. The number of carbonyl (C=O) groups excluding carboxylic acids is 1. The van der Waals surface area contributed by atoms with Gasteiger partial charge in [-0.15, -0.1) is 10.2 Å². The van der Waals surface area contributed by atoms with Crippen LogP contribution in [0, 0.1) is 0 Å². The molecule has 0 bridgehead atoms. The van der Waals surface area contributed by atoms with Crippen LogP contribution in [0.5, 0.6) is 0 Å². The maximum absolute atomic E-state index is 12.1. The molecule has 1 aromatic rings. The van der Waals surface area contributed by atoms with E-state index < -0.39 is 0 Å². The third kappa shape index (κ3) is 2.86. The Morgan fingerprint density at radius 1 is 1.53 bits per heavy atom. The van der Waals surface area contributed by atoms with E-state index in [1.807, 2.05) is 25.5 Å². The van der Waals surface area contributed by atoms with Crippen molar-refractivity contribution in [1.82, 2.24) is 19.7 Å². The zero-order chi connectivity index (χ0) is 14.0. The molecule has 19 heavy (non-hydrogen) atoms. The van der Waals surface area contributed by atoms with Crippen molar-refractivity contribution in [3.8, 4) is 0 Å². The fraction of sp³-hybridized carbons (Fsp3) is 0.750. The van der Waals surface area contributed by atoms with E-state index in [1.165, 1.54) is 0 Å². The predicted octanol–water partition coefficient (Wildman–Crippen LogP) is 1.12. The highest BCUT2D eigenvalue weighted by Crippen LogP contribution is 2.32. The maximum Gasteiger partial charge on any atom is 0.410 e. The van der Waals surface area contributed by atoms with Crippen LogP contribution in [0.4, 0.5) is 4.79 Å². The summed E-state index contributed by atoms with van der Waals surface area (Å²) < 4.78 is 12.4. The molecule has 106 valence electrons. The van der Waals surface area contributed by atoms with Crippen molar-refractivity contribution < 1.29 is 14.3 Å². The van der Waals surface area contributed by atoms with Crippen molar-refractivity contribution in [2.45, 2.75) is 38.5 Å². The van der Waals surface area contributed by atoms with Gasteiger partial charge in [0.15, 0.2) is 5.82 Å². The van der Waals surface area contributed by atoms with Gasteiger partial charge in [0.1, 0.15) is 6.33 Å². The standard InChI is InChI=1S/C12H20N4O3/c1-8(2)19-12(17)16-6-9(18-4)5-10(16)11-14-13-7-15(11)3/h7-10H,5-6H2,1-4H3/t9-,10+/m1/s1. The smallest absolute Gasteiger partial charge is 0.410 e. The van der Waals surface area contributed by atoms with Gasteiger partial charge >= 0.3 is 6.09 Å². The van der Waals surface area contributed by atoms with E-state index in [9.17, 15) is 4.79 Å². The summed E-state index contributed by atoms with van der Waals surface area (Å²) in [4.78, 5) is 13.8. The van der Waals surface area contributed by atoms with Crippen molar-refractivity contribution >= 4 is 6.09 Å². The van der Waals surface area contributed by atoms with Gasteiger partial charge in [-0.05, 0) is 13.8 Å². The van der Waals surface area contributed by atoms with Crippen LogP contribution in [0.3, 0.4) is 0 Å². The summed E-state index contributed by atoms with van der Waals surface area (Å²) >= 11 is 0. The number of aryl methyl sites for hydroxylation is 1. The molecule has 7 nitrogen and oxygen atoms in total. The monoisotopic (exact) mass is 268 g/mol. The number of carbonyl (C=O) groups is 1. The zero-order valence-electron chi connectivity index (χ0n) is 11.7. The second kappa shape index (κ2) is 5.56. The number of hydrogen-bond acceptors (Lipinski definition) is 5. The molecule has 1 aliphatic heterocycles. The average Bonchev–Trinajstić information content (AvgIpc) is 2.93. The van der Waals surface area contributed by atoms with Crippen molar-refractivity contribution in [2.24, 2.45) is 7.05 Å². The van der Waals surface area contributed by atoms with E-state index in [2.05, 4.69) is 10.2 Å². The highest BCUT2D eigenvalue weighted by Gasteiger charge is 2.39. The molecule has 0 aliphatic carbocycles. The zero-order valence-corrected chi connectivity index (χ0v) is 11.7. The van der Waals surface area contributed by atoms with Gasteiger partial charge in [0.25, 0.3) is 0 Å². The lowest BCUT2D eigenvalue weighted by Gasteiger charge is -2.23. The lowest BCUT2D eigenvalue weighted by atomic mass is 10.2. The van der Waals surface area contributed by atoms with Gasteiger partial charge in [0.05, 0.1) is 24.8 Å². The molecule has 1 saturated heterocycles. The second-order valence-corrected chi connectivity index (χ2v) is 4.99. The van der Waals surface area contributed by atoms with Gasteiger partial charge in [0, 0.05) is 20.6 Å². The van der Waals surface area contributed by atoms with Gasteiger partial charge in [-0.3, -0.25) is 4.90 Å². The summed E-state index contributed by atoms with van der Waals surface area (Å²) in [5.41, 5.74) is 0. The van der Waals surface area contributed by atoms with Gasteiger partial charge in [-0.1, -0.05) is 0 Å². The first-order valence-electron chi connectivity index (χ1n) is 6.36. The van der Waals surface area contributed by atoms with Crippen LogP contribution in [0.25, 0.3) is 0 Å². The van der Waals surface area contributed by atoms with Crippen LogP contribution in [0.15, 0.2) is 6.33 Å². The molecule has 0 aromatic carbocycles. The van der Waals surface area contributed by atoms with Crippen LogP contribution in [-0.2, 0) is 16.5 Å². The summed E-state index contributed by atoms with van der Waals surface area (Å²) in [6, 6.07) is -0.149. The Labute approximate surface area is 112 Å². The van der Waals surface area contributed by atoms with Gasteiger partial charge in [-0.2, -0.15) is 0 Å². The number of nitrogens with zero attached hydrogens (tertiary/aromatic N) is 4. The normalized spacial score (nSPS) is 23.1. The Kier molecular flexibility index (Phi) is 4.04. The number of hydrogen-bond donors (Lipinski definition) is 0. The third-order valence-corrected chi connectivity index (χ3v) is 3.21. The molecule has 2 rings (SSSR count). The topological polar surface area (TPSA) is 69.5 Å². The fourth-order valence-corrected chi connectivity index (χ4v) is 2.28. The highest BCUT2D eigenvalue weighted by atomic mass is 16.6. The molecule has 1 aliphatic rings. The fourth-order valence-electron chi connectivity index (χ4n) is 2.28. The Morgan fingerprint density at radius 2 is 2.26 bits per heavy atom. The van der Waals surface area contributed by atoms with Crippen LogP contribution in [-0.4, -0.2) is 51.6 Å². The molecular weight excluding hydrogens is 248 g/mol.